The van der Waals surface area contributed by atoms with E-state index in [2.05, 4.69) is 4.98 Å². The summed E-state index contributed by atoms with van der Waals surface area (Å²) in [6.07, 6.45) is 0. The van der Waals surface area contributed by atoms with Crippen molar-refractivity contribution < 1.29 is 4.73 Å². The Hall–Kier alpha value is -1.35. The standard InChI is InChI=1S/C12H13ClN2O/c1-8(2)12-9-5-3-4-6-10(9)14-11(7-13)15(12)16/h3-6,8H,7H2,1-2H3. The monoisotopic (exact) mass is 236 g/mol. The lowest BCUT2D eigenvalue weighted by Crippen LogP contribution is -2.38. The summed E-state index contributed by atoms with van der Waals surface area (Å²) >= 11 is 5.73. The van der Waals surface area contributed by atoms with Crippen molar-refractivity contribution in [3.05, 3.63) is 41.0 Å². The first kappa shape index (κ1) is 11.1. The summed E-state index contributed by atoms with van der Waals surface area (Å²) in [5.41, 5.74) is 1.57. The van der Waals surface area contributed by atoms with E-state index in [0.29, 0.717) is 5.82 Å². The second kappa shape index (κ2) is 4.26. The molecule has 16 heavy (non-hydrogen) atoms. The smallest absolute Gasteiger partial charge is 0.317 e. The van der Waals surface area contributed by atoms with Crippen molar-refractivity contribution in [3.63, 3.8) is 0 Å². The molecule has 1 heterocycles. The summed E-state index contributed by atoms with van der Waals surface area (Å²) in [4.78, 5) is 4.25. The highest BCUT2D eigenvalue weighted by Crippen LogP contribution is 2.21. The molecule has 0 aliphatic heterocycles. The molecule has 2 rings (SSSR count). The van der Waals surface area contributed by atoms with Crippen LogP contribution in [0.4, 0.5) is 0 Å². The van der Waals surface area contributed by atoms with Gasteiger partial charge >= 0.3 is 5.82 Å². The first-order chi connectivity index (χ1) is 7.65. The number of rotatable bonds is 2. The van der Waals surface area contributed by atoms with Gasteiger partial charge in [0.05, 0.1) is 5.39 Å². The second-order valence-electron chi connectivity index (χ2n) is 4.01. The van der Waals surface area contributed by atoms with E-state index in [1.165, 1.54) is 0 Å². The van der Waals surface area contributed by atoms with Crippen LogP contribution in [0.1, 0.15) is 31.3 Å². The van der Waals surface area contributed by atoms with Crippen LogP contribution < -0.4 is 4.73 Å². The summed E-state index contributed by atoms with van der Waals surface area (Å²) in [5, 5.41) is 12.9. The van der Waals surface area contributed by atoms with Gasteiger partial charge in [-0.3, -0.25) is 0 Å². The lowest BCUT2D eigenvalue weighted by Gasteiger charge is -2.15. The summed E-state index contributed by atoms with van der Waals surface area (Å²) in [7, 11) is 0. The highest BCUT2D eigenvalue weighted by Gasteiger charge is 2.19. The maximum absolute atomic E-state index is 12.0. The molecular formula is C12H13ClN2O. The van der Waals surface area contributed by atoms with Crippen LogP contribution in [-0.4, -0.2) is 4.98 Å². The van der Waals surface area contributed by atoms with Gasteiger partial charge in [-0.2, -0.15) is 0 Å². The molecule has 0 bridgehead atoms. The summed E-state index contributed by atoms with van der Waals surface area (Å²) in [6.45, 7) is 3.99. The zero-order valence-corrected chi connectivity index (χ0v) is 10.0. The van der Waals surface area contributed by atoms with E-state index < -0.39 is 0 Å². The van der Waals surface area contributed by atoms with Gasteiger partial charge in [-0.25, -0.2) is 4.73 Å². The predicted octanol–water partition coefficient (Wildman–Crippen LogP) is 2.73. The van der Waals surface area contributed by atoms with Gasteiger partial charge in [0.25, 0.3) is 0 Å². The number of alkyl halides is 1. The van der Waals surface area contributed by atoms with E-state index in [0.717, 1.165) is 21.3 Å². The highest BCUT2D eigenvalue weighted by molar-refractivity contribution is 6.16. The van der Waals surface area contributed by atoms with E-state index >= 15 is 0 Å². The van der Waals surface area contributed by atoms with Gasteiger partial charge in [-0.05, 0) is 17.1 Å². The summed E-state index contributed by atoms with van der Waals surface area (Å²) in [5.74, 6) is 0.644. The van der Waals surface area contributed by atoms with Crippen molar-refractivity contribution in [1.29, 1.82) is 0 Å². The van der Waals surface area contributed by atoms with E-state index in [1.807, 2.05) is 38.1 Å². The minimum Gasteiger partial charge on any atom is -0.710 e. The van der Waals surface area contributed by atoms with Crippen molar-refractivity contribution in [2.24, 2.45) is 0 Å². The van der Waals surface area contributed by atoms with E-state index in [4.69, 9.17) is 11.6 Å². The Bertz CT molecular complexity index is 526. The molecule has 0 fully saturated rings. The molecule has 0 unspecified atom stereocenters. The van der Waals surface area contributed by atoms with Crippen LogP contribution in [0.3, 0.4) is 0 Å². The van der Waals surface area contributed by atoms with Crippen LogP contribution in [0.5, 0.6) is 0 Å². The van der Waals surface area contributed by atoms with Gasteiger partial charge in [0.15, 0.2) is 5.52 Å². The van der Waals surface area contributed by atoms with E-state index in [9.17, 15) is 5.21 Å². The third kappa shape index (κ3) is 1.71. The van der Waals surface area contributed by atoms with Crippen molar-refractivity contribution in [3.8, 4) is 0 Å². The number of nitrogens with zero attached hydrogens (tertiary/aromatic N) is 2. The zero-order valence-electron chi connectivity index (χ0n) is 9.27. The average molecular weight is 237 g/mol. The predicted molar refractivity (Wildman–Crippen MR) is 64.3 cm³/mol. The SMILES string of the molecule is CC(C)c1c2ccccc2nc(CCl)[n+]1[O-]. The number of halogens is 1. The molecule has 0 aliphatic carbocycles. The molecule has 0 radical (unpaired) electrons. The molecule has 0 saturated carbocycles. The minimum atomic E-state index is 0.133. The maximum Gasteiger partial charge on any atom is 0.317 e. The molecule has 0 amide bonds. The van der Waals surface area contributed by atoms with Crippen molar-refractivity contribution in [2.45, 2.75) is 25.6 Å². The Kier molecular flexibility index (Phi) is 2.97. The van der Waals surface area contributed by atoms with Gasteiger partial charge in [-0.15, -0.1) is 11.6 Å². The number of aromatic nitrogens is 2. The lowest BCUT2D eigenvalue weighted by molar-refractivity contribution is -0.624. The van der Waals surface area contributed by atoms with Gasteiger partial charge in [0.1, 0.15) is 11.6 Å². The van der Waals surface area contributed by atoms with Crippen molar-refractivity contribution in [1.82, 2.24) is 4.98 Å². The third-order valence-corrected chi connectivity index (χ3v) is 2.79. The Morgan fingerprint density at radius 3 is 2.69 bits per heavy atom. The Morgan fingerprint density at radius 2 is 2.06 bits per heavy atom. The molecule has 3 nitrogen and oxygen atoms in total. The van der Waals surface area contributed by atoms with E-state index in [1.54, 1.807) is 0 Å². The quantitative estimate of drug-likeness (QED) is 0.457. The van der Waals surface area contributed by atoms with Crippen molar-refractivity contribution in [2.75, 3.05) is 0 Å². The van der Waals surface area contributed by atoms with Crippen LogP contribution >= 0.6 is 11.6 Å². The molecule has 4 heteroatoms. The number of hydrogen-bond acceptors (Lipinski definition) is 2. The number of hydrogen-bond donors (Lipinski definition) is 0. The van der Waals surface area contributed by atoms with Gasteiger partial charge in [-0.1, -0.05) is 26.0 Å². The molecule has 1 aromatic carbocycles. The molecule has 0 spiro atoms. The first-order valence-electron chi connectivity index (χ1n) is 5.22. The molecule has 2 aromatic rings. The molecular weight excluding hydrogens is 224 g/mol. The van der Waals surface area contributed by atoms with Crippen LogP contribution in [-0.2, 0) is 5.88 Å². The molecule has 0 saturated heterocycles. The fraction of sp³-hybridized carbons (Fsp3) is 0.333. The fourth-order valence-electron chi connectivity index (χ4n) is 1.85. The van der Waals surface area contributed by atoms with E-state index in [-0.39, 0.29) is 11.8 Å². The van der Waals surface area contributed by atoms with Crippen LogP contribution in [0.15, 0.2) is 24.3 Å². The fourth-order valence-corrected chi connectivity index (χ4v) is 2.02. The average Bonchev–Trinajstić information content (AvgIpc) is 2.27. The first-order valence-corrected chi connectivity index (χ1v) is 5.75. The van der Waals surface area contributed by atoms with Crippen LogP contribution in [0, 0.1) is 5.21 Å². The number of benzene rings is 1. The number of fused-ring (bicyclic) bond motifs is 1. The van der Waals surface area contributed by atoms with Gasteiger partial charge < -0.3 is 5.21 Å². The molecule has 1 aromatic heterocycles. The minimum absolute atomic E-state index is 0.133. The lowest BCUT2D eigenvalue weighted by atomic mass is 10.0. The molecule has 0 atom stereocenters. The molecule has 84 valence electrons. The third-order valence-electron chi connectivity index (χ3n) is 2.55. The Balaban J connectivity index is 2.85. The second-order valence-corrected chi connectivity index (χ2v) is 4.28. The van der Waals surface area contributed by atoms with Crippen molar-refractivity contribution >= 4 is 22.5 Å². The topological polar surface area (TPSA) is 39.8 Å². The van der Waals surface area contributed by atoms with Crippen LogP contribution in [0.25, 0.3) is 10.9 Å². The van der Waals surface area contributed by atoms with Crippen LogP contribution in [0.2, 0.25) is 0 Å². The number of para-hydroxylation sites is 1. The summed E-state index contributed by atoms with van der Waals surface area (Å²) < 4.78 is 0.861. The largest absolute Gasteiger partial charge is 0.710 e. The maximum atomic E-state index is 12.0. The molecule has 0 aliphatic rings. The molecule has 0 N–H and O–H groups in total. The Morgan fingerprint density at radius 1 is 1.38 bits per heavy atom. The Labute approximate surface area is 99.3 Å². The highest BCUT2D eigenvalue weighted by atomic mass is 35.5. The summed E-state index contributed by atoms with van der Waals surface area (Å²) in [6, 6.07) is 7.64. The normalized spacial score (nSPS) is 11.2. The zero-order chi connectivity index (χ0) is 11.7. The van der Waals surface area contributed by atoms with Gasteiger partial charge in [0, 0.05) is 5.92 Å². The van der Waals surface area contributed by atoms with Gasteiger partial charge in [0.2, 0.25) is 0 Å².